The Morgan fingerprint density at radius 2 is 2.19 bits per heavy atom. The highest BCUT2D eigenvalue weighted by atomic mass is 16.6. The number of hydrogen-bond acceptors (Lipinski definition) is 7. The number of aliphatic hydroxyl groups is 1. The minimum absolute atomic E-state index is 0.0212. The molecule has 0 saturated heterocycles. The van der Waals surface area contributed by atoms with E-state index in [0.717, 1.165) is 12.3 Å². The summed E-state index contributed by atoms with van der Waals surface area (Å²) in [5, 5.41) is 32.6. The van der Waals surface area contributed by atoms with Gasteiger partial charge in [0.25, 0.3) is 5.69 Å². The van der Waals surface area contributed by atoms with Gasteiger partial charge in [-0.2, -0.15) is 0 Å². The molecule has 0 radical (unpaired) electrons. The Kier molecular flexibility index (Phi) is 5.17. The standard InChI is InChI=1S/C12H18N4O5/c1-12(19,7-15(2)3)6-14-10-9(11(17)18)4-8(5-13-10)16(20)21/h4-5,19H,6-7H2,1-3H3,(H,13,14)(H,17,18). The van der Waals surface area contributed by atoms with Crippen molar-refractivity contribution in [2.45, 2.75) is 12.5 Å². The first-order chi connectivity index (χ1) is 9.62. The molecule has 3 N–H and O–H groups in total. The van der Waals surface area contributed by atoms with E-state index in [1.165, 1.54) is 0 Å². The van der Waals surface area contributed by atoms with Crippen LogP contribution in [0.3, 0.4) is 0 Å². The summed E-state index contributed by atoms with van der Waals surface area (Å²) in [7, 11) is 3.59. The molecule has 0 aromatic carbocycles. The fourth-order valence-corrected chi connectivity index (χ4v) is 1.87. The minimum Gasteiger partial charge on any atom is -0.478 e. The molecule has 0 saturated carbocycles. The normalized spacial score (nSPS) is 13.8. The zero-order chi connectivity index (χ0) is 16.2. The number of likely N-dealkylation sites (N-methyl/N-ethyl adjacent to an activating group) is 1. The summed E-state index contributed by atoms with van der Waals surface area (Å²) in [4.78, 5) is 26.6. The van der Waals surface area contributed by atoms with E-state index in [4.69, 9.17) is 5.11 Å². The zero-order valence-electron chi connectivity index (χ0n) is 12.0. The van der Waals surface area contributed by atoms with Crippen LogP contribution >= 0.6 is 0 Å². The molecule has 0 bridgehead atoms. The van der Waals surface area contributed by atoms with E-state index in [1.807, 2.05) is 0 Å². The summed E-state index contributed by atoms with van der Waals surface area (Å²) >= 11 is 0. The Balaban J connectivity index is 2.93. The van der Waals surface area contributed by atoms with Crippen molar-refractivity contribution in [1.82, 2.24) is 9.88 Å². The van der Waals surface area contributed by atoms with Crippen LogP contribution in [0.2, 0.25) is 0 Å². The van der Waals surface area contributed by atoms with E-state index in [-0.39, 0.29) is 17.9 Å². The third-order valence-electron chi connectivity index (χ3n) is 2.61. The van der Waals surface area contributed by atoms with Crippen molar-refractivity contribution in [3.05, 3.63) is 27.9 Å². The number of carboxylic acid groups (broad SMARTS) is 1. The zero-order valence-corrected chi connectivity index (χ0v) is 12.0. The first-order valence-electron chi connectivity index (χ1n) is 6.11. The molecule has 0 aliphatic heterocycles. The third-order valence-corrected chi connectivity index (χ3v) is 2.61. The van der Waals surface area contributed by atoms with Crippen molar-refractivity contribution in [3.8, 4) is 0 Å². The molecule has 21 heavy (non-hydrogen) atoms. The average Bonchev–Trinajstić information content (AvgIpc) is 2.34. The largest absolute Gasteiger partial charge is 0.478 e. The number of hydrogen-bond donors (Lipinski definition) is 3. The lowest BCUT2D eigenvalue weighted by Gasteiger charge is -2.27. The highest BCUT2D eigenvalue weighted by molar-refractivity contribution is 5.93. The van der Waals surface area contributed by atoms with E-state index in [1.54, 1.807) is 25.9 Å². The van der Waals surface area contributed by atoms with E-state index < -0.39 is 22.2 Å². The van der Waals surface area contributed by atoms with Gasteiger partial charge >= 0.3 is 5.97 Å². The van der Waals surface area contributed by atoms with Gasteiger partial charge in [-0.05, 0) is 21.0 Å². The number of nitrogens with one attached hydrogen (secondary N) is 1. The first kappa shape index (κ1) is 16.8. The molecule has 116 valence electrons. The van der Waals surface area contributed by atoms with Crippen LogP contribution in [-0.2, 0) is 0 Å². The van der Waals surface area contributed by atoms with Crippen LogP contribution in [0.4, 0.5) is 11.5 Å². The van der Waals surface area contributed by atoms with Crippen molar-refractivity contribution < 1.29 is 19.9 Å². The van der Waals surface area contributed by atoms with E-state index in [2.05, 4.69) is 10.3 Å². The first-order valence-corrected chi connectivity index (χ1v) is 6.11. The van der Waals surface area contributed by atoms with Crippen LogP contribution in [0.25, 0.3) is 0 Å². The maximum absolute atomic E-state index is 11.1. The SMILES string of the molecule is CN(C)CC(C)(O)CNc1ncc([N+](=O)[O-])cc1C(=O)O. The van der Waals surface area contributed by atoms with Crippen molar-refractivity contribution in [3.63, 3.8) is 0 Å². The quantitative estimate of drug-likeness (QED) is 0.487. The number of nitrogens with zero attached hydrogens (tertiary/aromatic N) is 3. The molecular weight excluding hydrogens is 280 g/mol. The van der Waals surface area contributed by atoms with Gasteiger partial charge in [-0.1, -0.05) is 0 Å². The van der Waals surface area contributed by atoms with Gasteiger partial charge in [0.2, 0.25) is 0 Å². The van der Waals surface area contributed by atoms with Crippen molar-refractivity contribution in [2.75, 3.05) is 32.5 Å². The highest BCUT2D eigenvalue weighted by Crippen LogP contribution is 2.20. The number of carboxylic acids is 1. The molecule has 1 aromatic rings. The molecule has 0 fully saturated rings. The maximum Gasteiger partial charge on any atom is 0.339 e. The van der Waals surface area contributed by atoms with Gasteiger partial charge in [0.15, 0.2) is 0 Å². The number of aromatic nitrogens is 1. The van der Waals surface area contributed by atoms with Gasteiger partial charge < -0.3 is 20.4 Å². The molecule has 1 heterocycles. The lowest BCUT2D eigenvalue weighted by Crippen LogP contribution is -2.43. The predicted octanol–water partition coefficient (Wildman–Crippen LogP) is 0.412. The molecule has 1 aromatic heterocycles. The fourth-order valence-electron chi connectivity index (χ4n) is 1.87. The molecule has 9 nitrogen and oxygen atoms in total. The summed E-state index contributed by atoms with van der Waals surface area (Å²) in [5.41, 5.74) is -1.83. The topological polar surface area (TPSA) is 129 Å². The second-order valence-corrected chi connectivity index (χ2v) is 5.24. The number of carbonyl (C=O) groups is 1. The molecule has 1 atom stereocenters. The molecule has 0 aliphatic carbocycles. The summed E-state index contributed by atoms with van der Waals surface area (Å²) in [6.07, 6.45) is 0.968. The summed E-state index contributed by atoms with van der Waals surface area (Å²) in [6.45, 7) is 2.00. The van der Waals surface area contributed by atoms with Gasteiger partial charge in [-0.15, -0.1) is 0 Å². The van der Waals surface area contributed by atoms with Crippen LogP contribution in [0.15, 0.2) is 12.3 Å². The Labute approximate surface area is 121 Å². The Bertz CT molecular complexity index is 544. The van der Waals surface area contributed by atoms with Crippen LogP contribution < -0.4 is 5.32 Å². The number of aromatic carboxylic acids is 1. The molecule has 9 heteroatoms. The molecule has 0 aliphatic rings. The van der Waals surface area contributed by atoms with Crippen LogP contribution in [0.5, 0.6) is 0 Å². The lowest BCUT2D eigenvalue weighted by molar-refractivity contribution is -0.385. The van der Waals surface area contributed by atoms with Crippen LogP contribution in [0, 0.1) is 10.1 Å². The summed E-state index contributed by atoms with van der Waals surface area (Å²) in [5.74, 6) is -1.35. The van der Waals surface area contributed by atoms with Gasteiger partial charge in [-0.25, -0.2) is 9.78 Å². The maximum atomic E-state index is 11.1. The molecule has 0 amide bonds. The Morgan fingerprint density at radius 3 is 2.67 bits per heavy atom. The van der Waals surface area contributed by atoms with Gasteiger partial charge in [-0.3, -0.25) is 10.1 Å². The second-order valence-electron chi connectivity index (χ2n) is 5.24. The summed E-state index contributed by atoms with van der Waals surface area (Å²) < 4.78 is 0. The smallest absolute Gasteiger partial charge is 0.339 e. The van der Waals surface area contributed by atoms with Crippen LogP contribution in [-0.4, -0.2) is 63.8 Å². The van der Waals surface area contributed by atoms with Crippen molar-refractivity contribution >= 4 is 17.5 Å². The lowest BCUT2D eigenvalue weighted by atomic mass is 10.1. The minimum atomic E-state index is -1.33. The Morgan fingerprint density at radius 1 is 1.57 bits per heavy atom. The third kappa shape index (κ3) is 4.97. The number of rotatable bonds is 7. The number of anilines is 1. The Hall–Kier alpha value is -2.26. The highest BCUT2D eigenvalue weighted by Gasteiger charge is 2.23. The van der Waals surface area contributed by atoms with E-state index >= 15 is 0 Å². The number of pyridine rings is 1. The van der Waals surface area contributed by atoms with E-state index in [0.29, 0.717) is 6.54 Å². The van der Waals surface area contributed by atoms with Crippen molar-refractivity contribution in [2.24, 2.45) is 0 Å². The average molecular weight is 298 g/mol. The second kappa shape index (κ2) is 6.46. The van der Waals surface area contributed by atoms with Gasteiger partial charge in [0.1, 0.15) is 17.6 Å². The fraction of sp³-hybridized carbons (Fsp3) is 0.500. The van der Waals surface area contributed by atoms with E-state index in [9.17, 15) is 20.0 Å². The van der Waals surface area contributed by atoms with Crippen molar-refractivity contribution in [1.29, 1.82) is 0 Å². The molecule has 0 spiro atoms. The molecular formula is C12H18N4O5. The molecule has 1 rings (SSSR count). The van der Waals surface area contributed by atoms with Gasteiger partial charge in [0, 0.05) is 19.2 Å². The van der Waals surface area contributed by atoms with Crippen LogP contribution in [0.1, 0.15) is 17.3 Å². The predicted molar refractivity (Wildman–Crippen MR) is 75.5 cm³/mol. The molecule has 1 unspecified atom stereocenters. The summed E-state index contributed by atoms with van der Waals surface area (Å²) in [6, 6.07) is 0.929. The van der Waals surface area contributed by atoms with Gasteiger partial charge in [0.05, 0.1) is 10.5 Å². The number of nitro groups is 1. The monoisotopic (exact) mass is 298 g/mol.